The van der Waals surface area contributed by atoms with Gasteiger partial charge in [0.1, 0.15) is 17.8 Å². The Morgan fingerprint density at radius 1 is 1.00 bits per heavy atom. The summed E-state index contributed by atoms with van der Waals surface area (Å²) in [6.45, 7) is 3.97. The number of benzene rings is 3. The van der Waals surface area contributed by atoms with Crippen molar-refractivity contribution in [2.45, 2.75) is 57.0 Å². The number of hydrogen-bond acceptors (Lipinski definition) is 4. The maximum atomic E-state index is 11.8. The molecule has 38 heavy (non-hydrogen) atoms. The second-order valence-electron chi connectivity index (χ2n) is 11.3. The molecule has 3 aromatic carbocycles. The lowest BCUT2D eigenvalue weighted by atomic mass is 9.70. The molecule has 4 heterocycles. The Labute approximate surface area is 223 Å². The van der Waals surface area contributed by atoms with Crippen molar-refractivity contribution in [3.63, 3.8) is 0 Å². The maximum absolute atomic E-state index is 11.8. The standard InChI is InChI=1S/C33H32N2O3/c1-21(36)34-29-9-5-3-7-26(29)22-11-12-28-31(18-22)38-30-10-6-4-8-27(30)32(28)23-17-24-13-15-33(2,19-23)35(24)25-14-16-37-20-25/h3-12,14,16,18,20,23-24,32H,13,15,17,19H2,1-2H3,(H,34,36). The lowest BCUT2D eigenvalue weighted by Crippen LogP contribution is -2.52. The van der Waals surface area contributed by atoms with E-state index in [0.717, 1.165) is 41.2 Å². The van der Waals surface area contributed by atoms with Crippen LogP contribution in [0.25, 0.3) is 11.1 Å². The molecule has 0 spiro atoms. The van der Waals surface area contributed by atoms with Crippen LogP contribution in [0.2, 0.25) is 0 Å². The lowest BCUT2D eigenvalue weighted by Gasteiger charge is -2.49. The van der Waals surface area contributed by atoms with E-state index in [9.17, 15) is 4.79 Å². The van der Waals surface area contributed by atoms with Crippen LogP contribution in [0.5, 0.6) is 11.5 Å². The Kier molecular flexibility index (Phi) is 5.36. The minimum atomic E-state index is -0.0782. The summed E-state index contributed by atoms with van der Waals surface area (Å²) in [6, 6.07) is 25.7. The van der Waals surface area contributed by atoms with E-state index in [1.807, 2.05) is 30.5 Å². The molecule has 1 N–H and O–H groups in total. The average molecular weight is 505 g/mol. The molecule has 1 amide bonds. The molecule has 4 atom stereocenters. The number of furan rings is 1. The van der Waals surface area contributed by atoms with Gasteiger partial charge in [0.15, 0.2) is 0 Å². The van der Waals surface area contributed by atoms with E-state index in [1.165, 1.54) is 29.7 Å². The van der Waals surface area contributed by atoms with Gasteiger partial charge >= 0.3 is 0 Å². The molecular formula is C33H32N2O3. The second-order valence-corrected chi connectivity index (χ2v) is 11.3. The third kappa shape index (κ3) is 3.72. The van der Waals surface area contributed by atoms with Gasteiger partial charge in [-0.05, 0) is 68.4 Å². The maximum Gasteiger partial charge on any atom is 0.221 e. The fourth-order valence-corrected chi connectivity index (χ4v) is 7.46. The molecule has 192 valence electrons. The van der Waals surface area contributed by atoms with Gasteiger partial charge in [0, 0.05) is 46.8 Å². The molecular weight excluding hydrogens is 472 g/mol. The molecule has 2 fully saturated rings. The summed E-state index contributed by atoms with van der Waals surface area (Å²) in [5, 5.41) is 2.97. The van der Waals surface area contributed by atoms with Crippen LogP contribution in [0, 0.1) is 5.92 Å². The van der Waals surface area contributed by atoms with Gasteiger partial charge in [-0.25, -0.2) is 0 Å². The Bertz CT molecular complexity index is 1510. The first-order valence-electron chi connectivity index (χ1n) is 13.6. The third-order valence-corrected chi connectivity index (χ3v) is 8.87. The number of nitrogens with one attached hydrogen (secondary N) is 1. The molecule has 0 aliphatic carbocycles. The topological polar surface area (TPSA) is 54.7 Å². The van der Waals surface area contributed by atoms with E-state index >= 15 is 0 Å². The first-order chi connectivity index (χ1) is 18.5. The number of para-hydroxylation sites is 2. The molecule has 5 nitrogen and oxygen atoms in total. The van der Waals surface area contributed by atoms with Crippen LogP contribution in [-0.2, 0) is 4.79 Å². The number of anilines is 2. The minimum Gasteiger partial charge on any atom is -0.470 e. The molecule has 2 saturated heterocycles. The highest BCUT2D eigenvalue weighted by atomic mass is 16.5. The predicted octanol–water partition coefficient (Wildman–Crippen LogP) is 7.98. The third-order valence-electron chi connectivity index (χ3n) is 8.87. The van der Waals surface area contributed by atoms with E-state index in [1.54, 1.807) is 13.2 Å². The van der Waals surface area contributed by atoms with Gasteiger partial charge in [-0.1, -0.05) is 48.5 Å². The molecule has 4 unspecified atom stereocenters. The number of hydrogen-bond donors (Lipinski definition) is 1. The normalized spacial score (nSPS) is 25.3. The van der Waals surface area contributed by atoms with Crippen molar-refractivity contribution in [1.29, 1.82) is 0 Å². The van der Waals surface area contributed by atoms with Crippen molar-refractivity contribution in [3.8, 4) is 22.6 Å². The summed E-state index contributed by atoms with van der Waals surface area (Å²) in [4.78, 5) is 14.4. The van der Waals surface area contributed by atoms with Gasteiger partial charge in [0.05, 0.1) is 12.0 Å². The summed E-state index contributed by atoms with van der Waals surface area (Å²) < 4.78 is 12.0. The van der Waals surface area contributed by atoms with Crippen LogP contribution in [0.15, 0.2) is 89.7 Å². The van der Waals surface area contributed by atoms with E-state index in [4.69, 9.17) is 9.15 Å². The van der Waals surface area contributed by atoms with Gasteiger partial charge in [0.25, 0.3) is 0 Å². The Balaban J connectivity index is 1.28. The molecule has 5 heteroatoms. The van der Waals surface area contributed by atoms with Crippen molar-refractivity contribution in [2.75, 3.05) is 10.2 Å². The average Bonchev–Trinajstić information content (AvgIpc) is 3.50. The van der Waals surface area contributed by atoms with E-state index in [-0.39, 0.29) is 17.4 Å². The van der Waals surface area contributed by atoms with Crippen molar-refractivity contribution in [1.82, 2.24) is 0 Å². The predicted molar refractivity (Wildman–Crippen MR) is 150 cm³/mol. The summed E-state index contributed by atoms with van der Waals surface area (Å²) in [5.41, 5.74) is 6.71. The zero-order valence-electron chi connectivity index (χ0n) is 21.8. The molecule has 2 bridgehead atoms. The van der Waals surface area contributed by atoms with Gasteiger partial charge in [-0.3, -0.25) is 4.79 Å². The number of carbonyl (C=O) groups is 1. The number of fused-ring (bicyclic) bond motifs is 4. The molecule has 7 rings (SSSR count). The van der Waals surface area contributed by atoms with Crippen LogP contribution < -0.4 is 15.0 Å². The highest BCUT2D eigenvalue weighted by molar-refractivity contribution is 5.94. The fourth-order valence-electron chi connectivity index (χ4n) is 7.46. The van der Waals surface area contributed by atoms with Gasteiger partial charge in [-0.2, -0.15) is 0 Å². The molecule has 0 radical (unpaired) electrons. The molecule has 3 aliphatic heterocycles. The first kappa shape index (κ1) is 23.2. The Morgan fingerprint density at radius 3 is 2.63 bits per heavy atom. The summed E-state index contributed by atoms with van der Waals surface area (Å²) in [7, 11) is 0. The molecule has 4 aromatic rings. The number of rotatable bonds is 4. The van der Waals surface area contributed by atoms with Crippen LogP contribution in [0.4, 0.5) is 11.4 Å². The van der Waals surface area contributed by atoms with Crippen LogP contribution in [0.1, 0.15) is 56.6 Å². The van der Waals surface area contributed by atoms with Crippen molar-refractivity contribution in [3.05, 3.63) is 96.4 Å². The van der Waals surface area contributed by atoms with Gasteiger partial charge in [-0.15, -0.1) is 0 Å². The smallest absolute Gasteiger partial charge is 0.221 e. The monoisotopic (exact) mass is 504 g/mol. The van der Waals surface area contributed by atoms with Crippen LogP contribution >= 0.6 is 0 Å². The summed E-state index contributed by atoms with van der Waals surface area (Å²) in [6.07, 6.45) is 8.38. The van der Waals surface area contributed by atoms with Crippen LogP contribution in [0.3, 0.4) is 0 Å². The summed E-state index contributed by atoms with van der Waals surface area (Å²) in [5.74, 6) is 2.58. The number of carbonyl (C=O) groups excluding carboxylic acids is 1. The molecule has 1 aromatic heterocycles. The number of amides is 1. The number of piperidine rings is 1. The highest BCUT2D eigenvalue weighted by Crippen LogP contribution is 2.57. The number of nitrogens with zero attached hydrogens (tertiary/aromatic N) is 1. The highest BCUT2D eigenvalue weighted by Gasteiger charge is 2.51. The van der Waals surface area contributed by atoms with E-state index < -0.39 is 0 Å². The largest absolute Gasteiger partial charge is 0.470 e. The summed E-state index contributed by atoms with van der Waals surface area (Å²) >= 11 is 0. The van der Waals surface area contributed by atoms with Gasteiger partial charge in [0.2, 0.25) is 5.91 Å². The quantitative estimate of drug-likeness (QED) is 0.306. The van der Waals surface area contributed by atoms with Crippen molar-refractivity contribution < 1.29 is 13.9 Å². The van der Waals surface area contributed by atoms with Crippen LogP contribution in [-0.4, -0.2) is 17.5 Å². The zero-order chi connectivity index (χ0) is 25.9. The zero-order valence-corrected chi connectivity index (χ0v) is 21.8. The van der Waals surface area contributed by atoms with Gasteiger partial charge < -0.3 is 19.4 Å². The van der Waals surface area contributed by atoms with E-state index in [0.29, 0.717) is 12.0 Å². The van der Waals surface area contributed by atoms with Crippen molar-refractivity contribution in [2.24, 2.45) is 5.92 Å². The number of ether oxygens (including phenoxy) is 1. The minimum absolute atomic E-state index is 0.0782. The lowest BCUT2D eigenvalue weighted by molar-refractivity contribution is -0.114. The Morgan fingerprint density at radius 2 is 1.82 bits per heavy atom. The second kappa shape index (κ2) is 8.80. The molecule has 0 saturated carbocycles. The first-order valence-corrected chi connectivity index (χ1v) is 13.6. The SMILES string of the molecule is CC(=O)Nc1ccccc1-c1ccc2c(c1)Oc1ccccc1C2C1CC2CCC(C)(C1)N2c1ccoc1. The fraction of sp³-hybridized carbons (Fsp3) is 0.303. The van der Waals surface area contributed by atoms with Crippen molar-refractivity contribution >= 4 is 17.3 Å². The Hall–Kier alpha value is -3.99. The molecule has 3 aliphatic rings. The van der Waals surface area contributed by atoms with E-state index in [2.05, 4.69) is 65.7 Å².